The Morgan fingerprint density at radius 1 is 1.25 bits per heavy atom. The number of benzene rings is 1. The molecule has 1 heterocycles. The zero-order valence-electron chi connectivity index (χ0n) is 12.0. The molecule has 0 atom stereocenters. The van der Waals surface area contributed by atoms with Crippen LogP contribution in [0.15, 0.2) is 18.2 Å². The van der Waals surface area contributed by atoms with E-state index in [0.29, 0.717) is 11.9 Å². The molecule has 0 aromatic heterocycles. The zero-order chi connectivity index (χ0) is 15.1. The Bertz CT molecular complexity index is 531. The van der Waals surface area contributed by atoms with Gasteiger partial charge in [-0.25, -0.2) is 0 Å². The van der Waals surface area contributed by atoms with Crippen LogP contribution in [-0.2, 0) is 15.6 Å². The molecule has 0 saturated carbocycles. The minimum Gasteiger partial charge on any atom is -0.403 e. The molecule has 0 spiro atoms. The van der Waals surface area contributed by atoms with Crippen molar-refractivity contribution in [2.45, 2.75) is 45.2 Å². The summed E-state index contributed by atoms with van der Waals surface area (Å²) in [4.78, 5) is 9.99. The van der Waals surface area contributed by atoms with Crippen LogP contribution in [0.4, 0.5) is 10.1 Å². The number of nitro groups is 1. The molecule has 1 fully saturated rings. The predicted molar refractivity (Wildman–Crippen MR) is 72.8 cm³/mol. The summed E-state index contributed by atoms with van der Waals surface area (Å²) in [7, 11) is -0.495. The molecule has 20 heavy (non-hydrogen) atoms. The van der Waals surface area contributed by atoms with Crippen molar-refractivity contribution in [3.8, 4) is 0 Å². The quantitative estimate of drug-likeness (QED) is 0.485. The lowest BCUT2D eigenvalue weighted by Crippen LogP contribution is -2.41. The molecule has 1 aromatic carbocycles. The molecule has 0 radical (unpaired) electrons. The van der Waals surface area contributed by atoms with Crippen molar-refractivity contribution in [3.05, 3.63) is 39.7 Å². The maximum Gasteiger partial charge on any atom is 0.462 e. The number of hydrogen-bond donors (Lipinski definition) is 0. The van der Waals surface area contributed by atoms with Crippen LogP contribution in [-0.4, -0.2) is 23.2 Å². The topological polar surface area (TPSA) is 61.6 Å². The number of rotatable bonds is 3. The van der Waals surface area contributed by atoms with Crippen LogP contribution < -0.4 is 0 Å². The molecular weight excluding hydrogens is 264 g/mol. The van der Waals surface area contributed by atoms with Crippen molar-refractivity contribution in [2.75, 3.05) is 0 Å². The van der Waals surface area contributed by atoms with E-state index in [4.69, 9.17) is 9.31 Å². The first-order valence-electron chi connectivity index (χ1n) is 6.41. The number of hydrogen-bond acceptors (Lipinski definition) is 4. The van der Waals surface area contributed by atoms with Crippen molar-refractivity contribution < 1.29 is 18.6 Å². The molecule has 5 nitrogen and oxygen atoms in total. The third-order valence-corrected chi connectivity index (χ3v) is 3.91. The lowest BCUT2D eigenvalue weighted by Gasteiger charge is -2.32. The highest BCUT2D eigenvalue weighted by Crippen LogP contribution is 2.37. The highest BCUT2D eigenvalue weighted by Gasteiger charge is 2.50. The first kappa shape index (κ1) is 14.9. The van der Waals surface area contributed by atoms with Crippen LogP contribution in [0, 0.1) is 15.9 Å². The molecule has 0 bridgehead atoms. The summed E-state index contributed by atoms with van der Waals surface area (Å²) in [6.07, 6.45) is 0.341. The van der Waals surface area contributed by atoms with E-state index in [-0.39, 0.29) is 0 Å². The van der Waals surface area contributed by atoms with E-state index in [1.807, 2.05) is 27.7 Å². The average Bonchev–Trinajstić information content (AvgIpc) is 2.49. The Morgan fingerprint density at radius 2 is 1.80 bits per heavy atom. The standard InChI is InChI=1S/C13H17BFNO4/c1-12(2)13(3,4)20-14(19-12)8-9-5-6-10(15)11(7-9)16(17)18/h5-7H,8H2,1-4H3. The van der Waals surface area contributed by atoms with Gasteiger partial charge in [-0.1, -0.05) is 6.07 Å². The van der Waals surface area contributed by atoms with Gasteiger partial charge in [-0.3, -0.25) is 10.1 Å². The third kappa shape index (κ3) is 2.69. The highest BCUT2D eigenvalue weighted by molar-refractivity contribution is 6.45. The SMILES string of the molecule is CC1(C)OB(Cc2ccc(F)c([N+](=O)[O-])c2)OC1(C)C. The predicted octanol–water partition coefficient (Wildman–Crippen LogP) is 2.91. The van der Waals surface area contributed by atoms with Crippen LogP contribution in [0.25, 0.3) is 0 Å². The van der Waals surface area contributed by atoms with Gasteiger partial charge in [0.25, 0.3) is 0 Å². The largest absolute Gasteiger partial charge is 0.462 e. The summed E-state index contributed by atoms with van der Waals surface area (Å²) in [5, 5.41) is 10.7. The Hall–Kier alpha value is -1.47. The molecular formula is C13H17BFNO4. The fourth-order valence-corrected chi connectivity index (χ4v) is 2.07. The summed E-state index contributed by atoms with van der Waals surface area (Å²) >= 11 is 0. The van der Waals surface area contributed by atoms with E-state index in [0.717, 1.165) is 6.07 Å². The van der Waals surface area contributed by atoms with Crippen LogP contribution in [0.1, 0.15) is 33.3 Å². The lowest BCUT2D eigenvalue weighted by atomic mass is 9.80. The van der Waals surface area contributed by atoms with E-state index in [1.54, 1.807) is 0 Å². The molecule has 0 amide bonds. The van der Waals surface area contributed by atoms with Gasteiger partial charge in [0.05, 0.1) is 16.1 Å². The summed E-state index contributed by atoms with van der Waals surface area (Å²) in [6.45, 7) is 7.72. The van der Waals surface area contributed by atoms with E-state index in [1.165, 1.54) is 12.1 Å². The van der Waals surface area contributed by atoms with Gasteiger partial charge in [-0.2, -0.15) is 4.39 Å². The van der Waals surface area contributed by atoms with Gasteiger partial charge in [-0.15, -0.1) is 0 Å². The first-order chi connectivity index (χ1) is 9.12. The molecule has 1 aliphatic heterocycles. The summed E-state index contributed by atoms with van der Waals surface area (Å²) in [5.74, 6) is -0.840. The van der Waals surface area contributed by atoms with Crippen molar-refractivity contribution >= 4 is 12.8 Å². The molecule has 108 valence electrons. The average molecular weight is 281 g/mol. The van der Waals surface area contributed by atoms with E-state index in [9.17, 15) is 14.5 Å². The van der Waals surface area contributed by atoms with E-state index < -0.39 is 34.7 Å². The minimum atomic E-state index is -0.840. The minimum absolute atomic E-state index is 0.341. The van der Waals surface area contributed by atoms with Crippen LogP contribution in [0.2, 0.25) is 0 Å². The molecule has 0 aliphatic carbocycles. The lowest BCUT2D eigenvalue weighted by molar-refractivity contribution is -0.387. The molecule has 7 heteroatoms. The van der Waals surface area contributed by atoms with Crippen LogP contribution in [0.5, 0.6) is 0 Å². The normalized spacial score (nSPS) is 20.1. The molecule has 0 unspecified atom stereocenters. The second-order valence-corrected chi connectivity index (χ2v) is 5.93. The number of halogens is 1. The molecule has 0 N–H and O–H groups in total. The molecule has 2 rings (SSSR count). The van der Waals surface area contributed by atoms with Crippen molar-refractivity contribution in [1.82, 2.24) is 0 Å². The Labute approximate surface area is 117 Å². The van der Waals surface area contributed by atoms with E-state index >= 15 is 0 Å². The maximum atomic E-state index is 13.3. The molecule has 1 aliphatic rings. The fourth-order valence-electron chi connectivity index (χ4n) is 2.07. The number of nitrogens with zero attached hydrogens (tertiary/aromatic N) is 1. The second kappa shape index (κ2) is 4.82. The fraction of sp³-hybridized carbons (Fsp3) is 0.538. The van der Waals surface area contributed by atoms with Gasteiger partial charge in [0.1, 0.15) is 0 Å². The zero-order valence-corrected chi connectivity index (χ0v) is 12.0. The van der Waals surface area contributed by atoms with Gasteiger partial charge in [0.15, 0.2) is 0 Å². The summed E-state index contributed by atoms with van der Waals surface area (Å²) in [6, 6.07) is 3.83. The van der Waals surface area contributed by atoms with E-state index in [2.05, 4.69) is 0 Å². The van der Waals surface area contributed by atoms with Crippen LogP contribution in [0.3, 0.4) is 0 Å². The third-order valence-electron chi connectivity index (χ3n) is 3.91. The van der Waals surface area contributed by atoms with Gasteiger partial charge in [0.2, 0.25) is 5.82 Å². The van der Waals surface area contributed by atoms with Crippen molar-refractivity contribution in [3.63, 3.8) is 0 Å². The highest BCUT2D eigenvalue weighted by atomic mass is 19.1. The summed E-state index contributed by atoms with van der Waals surface area (Å²) in [5.41, 5.74) is -0.830. The monoisotopic (exact) mass is 281 g/mol. The smallest absolute Gasteiger partial charge is 0.403 e. The van der Waals surface area contributed by atoms with Gasteiger partial charge in [-0.05, 0) is 39.3 Å². The van der Waals surface area contributed by atoms with Gasteiger partial charge >= 0.3 is 12.8 Å². The van der Waals surface area contributed by atoms with Crippen LogP contribution >= 0.6 is 0 Å². The number of nitro benzene ring substituents is 1. The van der Waals surface area contributed by atoms with Crippen molar-refractivity contribution in [1.29, 1.82) is 0 Å². The van der Waals surface area contributed by atoms with Crippen molar-refractivity contribution in [2.24, 2.45) is 0 Å². The van der Waals surface area contributed by atoms with Gasteiger partial charge < -0.3 is 9.31 Å². The Kier molecular flexibility index (Phi) is 3.60. The molecule has 1 saturated heterocycles. The second-order valence-electron chi connectivity index (χ2n) is 5.93. The Morgan fingerprint density at radius 3 is 2.30 bits per heavy atom. The summed E-state index contributed by atoms with van der Waals surface area (Å²) < 4.78 is 24.9. The van der Waals surface area contributed by atoms with Gasteiger partial charge in [0, 0.05) is 12.4 Å². The maximum absolute atomic E-state index is 13.3. The Balaban J connectivity index is 2.16. The molecule has 1 aromatic rings. The first-order valence-corrected chi connectivity index (χ1v) is 6.41.